The molecule has 0 N–H and O–H groups in total. The number of carbonyl (C=O) groups is 3. The van der Waals surface area contributed by atoms with E-state index in [0.29, 0.717) is 61.6 Å². The van der Waals surface area contributed by atoms with Crippen LogP contribution in [-0.2, 0) is 16.0 Å². The third kappa shape index (κ3) is 3.56. The van der Waals surface area contributed by atoms with Crippen LogP contribution < -0.4 is 4.74 Å². The van der Waals surface area contributed by atoms with Gasteiger partial charge in [-0.3, -0.25) is 14.6 Å². The highest BCUT2D eigenvalue weighted by molar-refractivity contribution is 6.00. The van der Waals surface area contributed by atoms with Crippen molar-refractivity contribution >= 4 is 17.7 Å². The van der Waals surface area contributed by atoms with E-state index in [2.05, 4.69) is 5.10 Å². The Morgan fingerprint density at radius 2 is 1.77 bits per heavy atom. The molecule has 2 aliphatic heterocycles. The van der Waals surface area contributed by atoms with Crippen molar-refractivity contribution in [1.82, 2.24) is 19.8 Å². The number of benzene rings is 1. The predicted molar refractivity (Wildman–Crippen MR) is 107 cm³/mol. The van der Waals surface area contributed by atoms with Gasteiger partial charge in [-0.2, -0.15) is 5.10 Å². The summed E-state index contributed by atoms with van der Waals surface area (Å²) in [6.07, 6.45) is 1.35. The number of rotatable bonds is 5. The van der Waals surface area contributed by atoms with Crippen LogP contribution in [0.2, 0.25) is 0 Å². The Morgan fingerprint density at radius 3 is 2.40 bits per heavy atom. The number of hydrazine groups is 1. The number of amides is 1. The minimum absolute atomic E-state index is 0.171. The van der Waals surface area contributed by atoms with E-state index in [1.165, 1.54) is 4.68 Å². The van der Waals surface area contributed by atoms with Crippen LogP contribution in [0.1, 0.15) is 46.3 Å². The van der Waals surface area contributed by atoms with Crippen LogP contribution in [0.15, 0.2) is 24.3 Å². The summed E-state index contributed by atoms with van der Waals surface area (Å²) < 4.78 is 11.9. The molecule has 9 heteroatoms. The van der Waals surface area contributed by atoms with E-state index in [-0.39, 0.29) is 24.0 Å². The highest BCUT2D eigenvalue weighted by atomic mass is 16.5. The van der Waals surface area contributed by atoms with Crippen molar-refractivity contribution in [2.45, 2.75) is 26.2 Å². The second-order valence-electron chi connectivity index (χ2n) is 7.18. The molecule has 0 aliphatic carbocycles. The fraction of sp³-hybridized carbons (Fsp3) is 0.429. The van der Waals surface area contributed by atoms with Crippen LogP contribution in [0.3, 0.4) is 0 Å². The van der Waals surface area contributed by atoms with E-state index in [4.69, 9.17) is 9.47 Å². The zero-order valence-electron chi connectivity index (χ0n) is 17.1. The monoisotopic (exact) mass is 412 g/mol. The lowest BCUT2D eigenvalue weighted by Crippen LogP contribution is -2.53. The molecule has 2 aromatic rings. The molecule has 1 saturated heterocycles. The highest BCUT2D eigenvalue weighted by Crippen LogP contribution is 2.28. The van der Waals surface area contributed by atoms with Gasteiger partial charge in [-0.15, -0.1) is 0 Å². The van der Waals surface area contributed by atoms with Gasteiger partial charge in [0.2, 0.25) is 0 Å². The zero-order chi connectivity index (χ0) is 21.3. The maximum Gasteiger partial charge on any atom is 0.359 e. The molecule has 2 aliphatic rings. The molecule has 30 heavy (non-hydrogen) atoms. The Balaban J connectivity index is 1.75. The first-order valence-corrected chi connectivity index (χ1v) is 10.0. The molecular weight excluding hydrogens is 388 g/mol. The van der Waals surface area contributed by atoms with Crippen LogP contribution in [-0.4, -0.2) is 70.8 Å². The minimum atomic E-state index is -0.536. The van der Waals surface area contributed by atoms with E-state index in [1.807, 2.05) is 5.01 Å². The van der Waals surface area contributed by atoms with E-state index in [0.717, 1.165) is 0 Å². The van der Waals surface area contributed by atoms with E-state index >= 15 is 0 Å². The molecule has 158 valence electrons. The Bertz CT molecular complexity index is 972. The molecule has 0 radical (unpaired) electrons. The van der Waals surface area contributed by atoms with E-state index in [1.54, 1.807) is 43.3 Å². The molecular formula is C21H24N4O5. The number of esters is 1. The molecule has 9 nitrogen and oxygen atoms in total. The van der Waals surface area contributed by atoms with Crippen molar-refractivity contribution in [2.75, 3.05) is 33.4 Å². The van der Waals surface area contributed by atoms with Crippen LogP contribution in [0, 0.1) is 0 Å². The Hall–Kier alpha value is -3.20. The van der Waals surface area contributed by atoms with Gasteiger partial charge in [0, 0.05) is 38.0 Å². The molecule has 0 atom stereocenters. The third-order valence-electron chi connectivity index (χ3n) is 5.42. The number of hydrogen-bond donors (Lipinski definition) is 0. The standard InChI is InChI=1S/C21H24N4O5/c1-3-30-21(28)18-17-10-13-24(23-11-8-15(26)9-12-23)20(27)19(17)25(22-18)14-4-6-16(29-2)7-5-14/h4-7H,3,8-13H2,1-2H3. The van der Waals surface area contributed by atoms with Gasteiger partial charge in [0.05, 0.1) is 19.4 Å². The van der Waals surface area contributed by atoms with Gasteiger partial charge in [-0.1, -0.05) is 0 Å². The first-order valence-electron chi connectivity index (χ1n) is 10.0. The summed E-state index contributed by atoms with van der Waals surface area (Å²) in [5, 5.41) is 8.05. The third-order valence-corrected chi connectivity index (χ3v) is 5.42. The molecule has 0 unspecified atom stereocenters. The largest absolute Gasteiger partial charge is 0.497 e. The van der Waals surface area contributed by atoms with Crippen LogP contribution in [0.25, 0.3) is 5.69 Å². The van der Waals surface area contributed by atoms with Crippen molar-refractivity contribution < 1.29 is 23.9 Å². The molecule has 1 amide bonds. The van der Waals surface area contributed by atoms with Gasteiger partial charge in [0.1, 0.15) is 17.2 Å². The highest BCUT2D eigenvalue weighted by Gasteiger charge is 2.37. The lowest BCUT2D eigenvalue weighted by molar-refractivity contribution is -0.125. The number of nitrogens with zero attached hydrogens (tertiary/aromatic N) is 4. The quantitative estimate of drug-likeness (QED) is 0.689. The van der Waals surface area contributed by atoms with Crippen molar-refractivity contribution in [2.24, 2.45) is 0 Å². The molecule has 1 fully saturated rings. The predicted octanol–water partition coefficient (Wildman–Crippen LogP) is 1.64. The molecule has 1 aromatic carbocycles. The minimum Gasteiger partial charge on any atom is -0.497 e. The lowest BCUT2D eigenvalue weighted by atomic mass is 10.0. The number of ether oxygens (including phenoxy) is 2. The summed E-state index contributed by atoms with van der Waals surface area (Å²) in [5.41, 5.74) is 1.76. The van der Waals surface area contributed by atoms with Gasteiger partial charge in [0.15, 0.2) is 5.69 Å². The van der Waals surface area contributed by atoms with Gasteiger partial charge in [0.25, 0.3) is 5.91 Å². The Labute approximate surface area is 174 Å². The van der Waals surface area contributed by atoms with Crippen molar-refractivity contribution in [1.29, 1.82) is 0 Å². The second kappa shape index (κ2) is 8.27. The number of hydrogen-bond acceptors (Lipinski definition) is 7. The van der Waals surface area contributed by atoms with Crippen LogP contribution in [0.5, 0.6) is 5.75 Å². The summed E-state index contributed by atoms with van der Waals surface area (Å²) in [6, 6.07) is 7.11. The number of aromatic nitrogens is 2. The smallest absolute Gasteiger partial charge is 0.359 e. The van der Waals surface area contributed by atoms with E-state index in [9.17, 15) is 14.4 Å². The van der Waals surface area contributed by atoms with E-state index < -0.39 is 5.97 Å². The topological polar surface area (TPSA) is 94.0 Å². The first-order chi connectivity index (χ1) is 14.5. The maximum absolute atomic E-state index is 13.5. The summed E-state index contributed by atoms with van der Waals surface area (Å²) in [5.74, 6) is 0.121. The zero-order valence-corrected chi connectivity index (χ0v) is 17.1. The number of ketones is 1. The Kier molecular flexibility index (Phi) is 5.54. The average Bonchev–Trinajstić information content (AvgIpc) is 3.16. The number of fused-ring (bicyclic) bond motifs is 1. The van der Waals surface area contributed by atoms with Gasteiger partial charge in [-0.25, -0.2) is 14.5 Å². The maximum atomic E-state index is 13.5. The summed E-state index contributed by atoms with van der Waals surface area (Å²) in [7, 11) is 1.58. The second-order valence-corrected chi connectivity index (χ2v) is 7.18. The average molecular weight is 412 g/mol. The summed E-state index contributed by atoms with van der Waals surface area (Å²) in [6.45, 7) is 3.42. The first kappa shape index (κ1) is 20.1. The summed E-state index contributed by atoms with van der Waals surface area (Å²) >= 11 is 0. The molecule has 3 heterocycles. The number of Topliss-reactive ketones (excluding diaryl/α,β-unsaturated/α-hetero) is 1. The molecule has 4 rings (SSSR count). The van der Waals surface area contributed by atoms with Gasteiger partial charge < -0.3 is 9.47 Å². The number of methoxy groups -OCH3 is 1. The van der Waals surface area contributed by atoms with Crippen molar-refractivity contribution in [3.63, 3.8) is 0 Å². The fourth-order valence-electron chi connectivity index (χ4n) is 3.88. The van der Waals surface area contributed by atoms with Crippen molar-refractivity contribution in [3.8, 4) is 11.4 Å². The Morgan fingerprint density at radius 1 is 1.07 bits per heavy atom. The fourth-order valence-corrected chi connectivity index (χ4v) is 3.88. The van der Waals surface area contributed by atoms with Gasteiger partial charge >= 0.3 is 5.97 Å². The molecule has 1 aromatic heterocycles. The van der Waals surface area contributed by atoms with Crippen LogP contribution in [0.4, 0.5) is 0 Å². The molecule has 0 spiro atoms. The van der Waals surface area contributed by atoms with Crippen LogP contribution >= 0.6 is 0 Å². The SMILES string of the molecule is CCOC(=O)c1nn(-c2ccc(OC)cc2)c2c1CCN(N1CCC(=O)CC1)C2=O. The molecule has 0 bridgehead atoms. The lowest BCUT2D eigenvalue weighted by Gasteiger charge is -2.39. The molecule has 0 saturated carbocycles. The summed E-state index contributed by atoms with van der Waals surface area (Å²) in [4.78, 5) is 37.6. The number of piperidine rings is 1. The normalized spacial score (nSPS) is 17.1. The number of carbonyl (C=O) groups excluding carboxylic acids is 3. The van der Waals surface area contributed by atoms with Gasteiger partial charge in [-0.05, 0) is 37.6 Å². The van der Waals surface area contributed by atoms with Crippen molar-refractivity contribution in [3.05, 3.63) is 41.2 Å².